The lowest BCUT2D eigenvalue weighted by molar-refractivity contribution is 0.253. The summed E-state index contributed by atoms with van der Waals surface area (Å²) in [5, 5.41) is 3.88. The van der Waals surface area contributed by atoms with Gasteiger partial charge in [-0.05, 0) is 62.8 Å². The van der Waals surface area contributed by atoms with Crippen molar-refractivity contribution in [2.24, 2.45) is 17.8 Å². The molecule has 0 heterocycles. The van der Waals surface area contributed by atoms with Gasteiger partial charge in [-0.15, -0.1) is 0 Å². The van der Waals surface area contributed by atoms with Crippen molar-refractivity contribution in [2.45, 2.75) is 70.3 Å². The zero-order valence-corrected chi connectivity index (χ0v) is 10.6. The average molecular weight is 221 g/mol. The van der Waals surface area contributed by atoms with Crippen LogP contribution >= 0.6 is 0 Å². The topological polar surface area (TPSA) is 12.0 Å². The molecule has 3 aliphatic rings. The molecule has 0 amide bonds. The third-order valence-electron chi connectivity index (χ3n) is 5.17. The third-order valence-corrected chi connectivity index (χ3v) is 5.17. The van der Waals surface area contributed by atoms with Gasteiger partial charge >= 0.3 is 0 Å². The molecular formula is C15H27N. The number of hydrogen-bond acceptors (Lipinski definition) is 1. The standard InChI is InChI=1S/C15H27N/c1-2-5-12(4-1)11-16-15-7-3-6-14(10-15)13-8-9-13/h12-16H,1-11H2. The highest BCUT2D eigenvalue weighted by molar-refractivity contribution is 4.88. The molecule has 0 aliphatic heterocycles. The van der Waals surface area contributed by atoms with Crippen LogP contribution < -0.4 is 5.32 Å². The van der Waals surface area contributed by atoms with Gasteiger partial charge in [0.25, 0.3) is 0 Å². The van der Waals surface area contributed by atoms with Crippen LogP contribution in [0.25, 0.3) is 0 Å². The zero-order valence-electron chi connectivity index (χ0n) is 10.6. The van der Waals surface area contributed by atoms with E-state index in [9.17, 15) is 0 Å². The molecule has 3 saturated carbocycles. The Morgan fingerprint density at radius 2 is 1.56 bits per heavy atom. The highest BCUT2D eigenvalue weighted by atomic mass is 14.9. The molecular weight excluding hydrogens is 194 g/mol. The summed E-state index contributed by atoms with van der Waals surface area (Å²) in [6.07, 6.45) is 15.0. The highest BCUT2D eigenvalue weighted by Gasteiger charge is 2.34. The lowest BCUT2D eigenvalue weighted by Crippen LogP contribution is -2.37. The largest absolute Gasteiger partial charge is 0.314 e. The molecule has 3 aliphatic carbocycles. The minimum atomic E-state index is 0.875. The van der Waals surface area contributed by atoms with E-state index in [2.05, 4.69) is 5.32 Å². The smallest absolute Gasteiger partial charge is 0.00699 e. The predicted octanol–water partition coefficient (Wildman–Crippen LogP) is 3.74. The van der Waals surface area contributed by atoms with Crippen LogP contribution in [0.1, 0.15) is 64.2 Å². The summed E-state index contributed by atoms with van der Waals surface area (Å²) < 4.78 is 0. The molecule has 0 saturated heterocycles. The summed E-state index contributed by atoms with van der Waals surface area (Å²) in [4.78, 5) is 0. The Hall–Kier alpha value is -0.0400. The molecule has 1 N–H and O–H groups in total. The van der Waals surface area contributed by atoms with Crippen molar-refractivity contribution >= 4 is 0 Å². The molecule has 92 valence electrons. The van der Waals surface area contributed by atoms with E-state index in [1.165, 1.54) is 57.9 Å². The van der Waals surface area contributed by atoms with Gasteiger partial charge < -0.3 is 5.32 Å². The van der Waals surface area contributed by atoms with Crippen LogP contribution in [0.5, 0.6) is 0 Å². The van der Waals surface area contributed by atoms with Crippen LogP contribution in [0.3, 0.4) is 0 Å². The van der Waals surface area contributed by atoms with E-state index < -0.39 is 0 Å². The molecule has 2 atom stereocenters. The lowest BCUT2D eigenvalue weighted by Gasteiger charge is -2.30. The van der Waals surface area contributed by atoms with Crippen molar-refractivity contribution in [2.75, 3.05) is 6.54 Å². The van der Waals surface area contributed by atoms with Crippen LogP contribution in [0.2, 0.25) is 0 Å². The average Bonchev–Trinajstić information content (AvgIpc) is 3.05. The number of hydrogen-bond donors (Lipinski definition) is 1. The van der Waals surface area contributed by atoms with Crippen molar-refractivity contribution in [1.29, 1.82) is 0 Å². The molecule has 1 heteroatoms. The van der Waals surface area contributed by atoms with Gasteiger partial charge in [0, 0.05) is 6.04 Å². The van der Waals surface area contributed by atoms with Crippen molar-refractivity contribution in [1.82, 2.24) is 5.32 Å². The highest BCUT2D eigenvalue weighted by Crippen LogP contribution is 2.43. The lowest BCUT2D eigenvalue weighted by atomic mass is 9.82. The molecule has 0 bridgehead atoms. The van der Waals surface area contributed by atoms with Crippen molar-refractivity contribution < 1.29 is 0 Å². The van der Waals surface area contributed by atoms with E-state index >= 15 is 0 Å². The molecule has 0 aromatic rings. The minimum Gasteiger partial charge on any atom is -0.314 e. The Balaban J connectivity index is 1.39. The minimum absolute atomic E-state index is 0.875. The van der Waals surface area contributed by atoms with Gasteiger partial charge in [0.15, 0.2) is 0 Å². The SMILES string of the molecule is C1CCC(CNC2CCCC(C3CC3)C2)C1. The second-order valence-electron chi connectivity index (χ2n) is 6.52. The zero-order chi connectivity index (χ0) is 10.8. The summed E-state index contributed by atoms with van der Waals surface area (Å²) in [5.41, 5.74) is 0. The van der Waals surface area contributed by atoms with Gasteiger partial charge in [-0.1, -0.05) is 25.7 Å². The predicted molar refractivity (Wildman–Crippen MR) is 68.4 cm³/mol. The van der Waals surface area contributed by atoms with Gasteiger partial charge in [0.2, 0.25) is 0 Å². The van der Waals surface area contributed by atoms with Gasteiger partial charge in [0.1, 0.15) is 0 Å². The Morgan fingerprint density at radius 3 is 2.31 bits per heavy atom. The first-order chi connectivity index (χ1) is 7.92. The van der Waals surface area contributed by atoms with E-state index in [1.807, 2.05) is 0 Å². The van der Waals surface area contributed by atoms with Crippen molar-refractivity contribution in [3.63, 3.8) is 0 Å². The van der Waals surface area contributed by atoms with Crippen LogP contribution in [-0.4, -0.2) is 12.6 Å². The van der Waals surface area contributed by atoms with E-state index in [4.69, 9.17) is 0 Å². The summed E-state index contributed by atoms with van der Waals surface area (Å²) >= 11 is 0. The van der Waals surface area contributed by atoms with Gasteiger partial charge in [-0.25, -0.2) is 0 Å². The molecule has 2 unspecified atom stereocenters. The molecule has 3 fully saturated rings. The van der Waals surface area contributed by atoms with Crippen molar-refractivity contribution in [3.05, 3.63) is 0 Å². The van der Waals surface area contributed by atoms with Gasteiger partial charge in [0.05, 0.1) is 0 Å². The number of nitrogens with one attached hydrogen (secondary N) is 1. The fourth-order valence-corrected chi connectivity index (χ4v) is 3.96. The first-order valence-electron chi connectivity index (χ1n) is 7.65. The Kier molecular flexibility index (Phi) is 3.51. The fraction of sp³-hybridized carbons (Fsp3) is 1.00. The Labute approximate surface area is 100 Å². The van der Waals surface area contributed by atoms with Gasteiger partial charge in [-0.2, -0.15) is 0 Å². The molecule has 0 aromatic heterocycles. The van der Waals surface area contributed by atoms with Crippen LogP contribution in [-0.2, 0) is 0 Å². The van der Waals surface area contributed by atoms with Crippen molar-refractivity contribution in [3.8, 4) is 0 Å². The molecule has 0 spiro atoms. The van der Waals surface area contributed by atoms with Crippen LogP contribution in [0.4, 0.5) is 0 Å². The maximum Gasteiger partial charge on any atom is 0.00699 e. The fourth-order valence-electron chi connectivity index (χ4n) is 3.96. The maximum absolute atomic E-state index is 3.88. The van der Waals surface area contributed by atoms with E-state index in [-0.39, 0.29) is 0 Å². The second-order valence-corrected chi connectivity index (χ2v) is 6.52. The normalized spacial score (nSPS) is 36.8. The summed E-state index contributed by atoms with van der Waals surface area (Å²) in [6.45, 7) is 1.32. The Bertz CT molecular complexity index is 215. The second kappa shape index (κ2) is 5.08. The van der Waals surface area contributed by atoms with E-state index in [1.54, 1.807) is 12.8 Å². The molecule has 0 radical (unpaired) electrons. The Morgan fingerprint density at radius 1 is 0.750 bits per heavy atom. The van der Waals surface area contributed by atoms with E-state index in [0.717, 1.165) is 23.8 Å². The van der Waals surface area contributed by atoms with Crippen LogP contribution in [0, 0.1) is 17.8 Å². The quantitative estimate of drug-likeness (QED) is 0.762. The van der Waals surface area contributed by atoms with Gasteiger partial charge in [-0.3, -0.25) is 0 Å². The molecule has 0 aromatic carbocycles. The monoisotopic (exact) mass is 221 g/mol. The molecule has 1 nitrogen and oxygen atoms in total. The van der Waals surface area contributed by atoms with E-state index in [0.29, 0.717) is 0 Å². The summed E-state index contributed by atoms with van der Waals surface area (Å²) in [6, 6.07) is 0.875. The summed E-state index contributed by atoms with van der Waals surface area (Å²) in [5.74, 6) is 3.24. The molecule has 3 rings (SSSR count). The van der Waals surface area contributed by atoms with Crippen LogP contribution in [0.15, 0.2) is 0 Å². The number of rotatable bonds is 4. The molecule has 16 heavy (non-hydrogen) atoms. The first-order valence-corrected chi connectivity index (χ1v) is 7.65. The maximum atomic E-state index is 3.88. The summed E-state index contributed by atoms with van der Waals surface area (Å²) in [7, 11) is 0. The third kappa shape index (κ3) is 2.80. The first kappa shape index (κ1) is 11.1.